The van der Waals surface area contributed by atoms with Gasteiger partial charge in [0.05, 0.1) is 0 Å². The van der Waals surface area contributed by atoms with E-state index in [1.54, 1.807) is 17.0 Å². The minimum Gasteiger partial charge on any atom is -0.379 e. The summed E-state index contributed by atoms with van der Waals surface area (Å²) in [7, 11) is 1.82. The van der Waals surface area contributed by atoms with Crippen molar-refractivity contribution in [3.63, 3.8) is 0 Å². The predicted molar refractivity (Wildman–Crippen MR) is 54.2 cm³/mol. The first kappa shape index (κ1) is 9.51. The molecule has 0 unspecified atom stereocenters. The Balaban J connectivity index is 2.05. The van der Waals surface area contributed by atoms with Gasteiger partial charge in [0.1, 0.15) is 0 Å². The number of aromatic nitrogens is 6. The zero-order valence-corrected chi connectivity index (χ0v) is 8.73. The molecule has 9 nitrogen and oxygen atoms in total. The fourth-order valence-electron chi connectivity index (χ4n) is 1.34. The van der Waals surface area contributed by atoms with Gasteiger partial charge in [-0.05, 0) is 10.3 Å². The van der Waals surface area contributed by atoms with Gasteiger partial charge >= 0.3 is 0 Å². The second kappa shape index (κ2) is 3.40. The van der Waals surface area contributed by atoms with Crippen LogP contribution in [0.15, 0.2) is 21.5 Å². The van der Waals surface area contributed by atoms with Gasteiger partial charge in [0.15, 0.2) is 5.82 Å². The van der Waals surface area contributed by atoms with Crippen LogP contribution in [0.2, 0.25) is 0 Å². The van der Waals surface area contributed by atoms with Crippen LogP contribution >= 0.6 is 0 Å². The summed E-state index contributed by atoms with van der Waals surface area (Å²) in [5.41, 5.74) is 5.73. The number of hydrogen-bond donors (Lipinski definition) is 1. The number of aryl methyl sites for hydroxylation is 1. The minimum atomic E-state index is 0.0973. The topological polar surface area (TPSA) is 122 Å². The predicted octanol–water partition coefficient (Wildman–Crippen LogP) is 0.102. The number of nitrogens with two attached hydrogens (primary N) is 1. The maximum atomic E-state index is 5.51. The van der Waals surface area contributed by atoms with Crippen molar-refractivity contribution in [1.29, 1.82) is 0 Å². The maximum Gasteiger partial charge on any atom is 0.284 e. The molecular formula is C8H7N7O2. The highest BCUT2D eigenvalue weighted by atomic mass is 16.6. The van der Waals surface area contributed by atoms with Crippen molar-refractivity contribution in [3.8, 4) is 23.2 Å². The van der Waals surface area contributed by atoms with Crippen LogP contribution in [0.1, 0.15) is 0 Å². The van der Waals surface area contributed by atoms with Crippen LogP contribution in [-0.2, 0) is 7.05 Å². The van der Waals surface area contributed by atoms with Gasteiger partial charge in [-0.3, -0.25) is 0 Å². The van der Waals surface area contributed by atoms with Crippen molar-refractivity contribution < 1.29 is 9.15 Å². The molecule has 0 atom stereocenters. The molecule has 0 radical (unpaired) electrons. The van der Waals surface area contributed by atoms with Gasteiger partial charge in [0, 0.05) is 19.4 Å². The smallest absolute Gasteiger partial charge is 0.284 e. The molecule has 0 amide bonds. The maximum absolute atomic E-state index is 5.51. The molecule has 9 heteroatoms. The summed E-state index contributed by atoms with van der Waals surface area (Å²) in [5.74, 6) is 1.16. The second-order valence-corrected chi connectivity index (χ2v) is 3.28. The van der Waals surface area contributed by atoms with E-state index >= 15 is 0 Å². The Hall–Kier alpha value is -2.71. The summed E-state index contributed by atoms with van der Waals surface area (Å²) in [6.45, 7) is 0. The van der Waals surface area contributed by atoms with Crippen LogP contribution in [0.25, 0.3) is 23.2 Å². The Kier molecular flexibility index (Phi) is 1.90. The van der Waals surface area contributed by atoms with E-state index in [0.29, 0.717) is 11.6 Å². The van der Waals surface area contributed by atoms with Crippen molar-refractivity contribution in [2.24, 2.45) is 7.05 Å². The lowest BCUT2D eigenvalue weighted by atomic mass is 10.4. The molecule has 3 heterocycles. The van der Waals surface area contributed by atoms with Gasteiger partial charge in [-0.2, -0.15) is 4.98 Å². The van der Waals surface area contributed by atoms with E-state index in [0.717, 1.165) is 0 Å². The van der Waals surface area contributed by atoms with Crippen molar-refractivity contribution in [1.82, 2.24) is 30.0 Å². The van der Waals surface area contributed by atoms with Crippen molar-refractivity contribution in [2.45, 2.75) is 0 Å². The Morgan fingerprint density at radius 1 is 1.29 bits per heavy atom. The SMILES string of the molecule is Cn1ccnc1-c1noc(-c2nonc2N)n1. The molecule has 0 aliphatic carbocycles. The van der Waals surface area contributed by atoms with E-state index in [9.17, 15) is 0 Å². The van der Waals surface area contributed by atoms with E-state index in [1.165, 1.54) is 0 Å². The summed E-state index contributed by atoms with van der Waals surface area (Å²) in [4.78, 5) is 8.20. The molecule has 0 aromatic carbocycles. The number of rotatable bonds is 2. The van der Waals surface area contributed by atoms with Crippen LogP contribution in [0, 0.1) is 0 Å². The molecule has 3 aromatic heterocycles. The van der Waals surface area contributed by atoms with E-state index in [1.807, 2.05) is 7.05 Å². The molecule has 0 aliphatic heterocycles. The number of nitrogen functional groups attached to an aromatic ring is 1. The molecule has 0 aliphatic rings. The Morgan fingerprint density at radius 2 is 2.18 bits per heavy atom. The van der Waals surface area contributed by atoms with E-state index in [4.69, 9.17) is 10.3 Å². The molecular weight excluding hydrogens is 226 g/mol. The summed E-state index contributed by atoms with van der Waals surface area (Å²) >= 11 is 0. The average molecular weight is 233 g/mol. The first-order chi connectivity index (χ1) is 8.25. The molecule has 0 fully saturated rings. The number of imidazole rings is 1. The average Bonchev–Trinajstić information content (AvgIpc) is 2.97. The fourth-order valence-corrected chi connectivity index (χ4v) is 1.34. The molecule has 2 N–H and O–H groups in total. The van der Waals surface area contributed by atoms with Crippen LogP contribution in [0.4, 0.5) is 5.82 Å². The third-order valence-electron chi connectivity index (χ3n) is 2.16. The number of hydrogen-bond acceptors (Lipinski definition) is 8. The van der Waals surface area contributed by atoms with E-state index < -0.39 is 0 Å². The molecule has 3 rings (SSSR count). The van der Waals surface area contributed by atoms with Crippen molar-refractivity contribution >= 4 is 5.82 Å². The Bertz CT molecular complexity index is 597. The lowest BCUT2D eigenvalue weighted by Crippen LogP contribution is -1.93. The molecule has 17 heavy (non-hydrogen) atoms. The van der Waals surface area contributed by atoms with Crippen molar-refractivity contribution in [2.75, 3.05) is 5.73 Å². The van der Waals surface area contributed by atoms with Crippen LogP contribution in [-0.4, -0.2) is 30.0 Å². The molecule has 0 spiro atoms. The van der Waals surface area contributed by atoms with Gasteiger partial charge in [0.25, 0.3) is 5.89 Å². The minimum absolute atomic E-state index is 0.0973. The number of anilines is 1. The van der Waals surface area contributed by atoms with Gasteiger partial charge < -0.3 is 14.8 Å². The molecule has 3 aromatic rings. The van der Waals surface area contributed by atoms with Crippen LogP contribution in [0.3, 0.4) is 0 Å². The Morgan fingerprint density at radius 3 is 2.82 bits per heavy atom. The highest BCUT2D eigenvalue weighted by Crippen LogP contribution is 2.22. The lowest BCUT2D eigenvalue weighted by Gasteiger charge is -1.92. The monoisotopic (exact) mass is 233 g/mol. The summed E-state index contributed by atoms with van der Waals surface area (Å²) in [6.07, 6.45) is 3.41. The van der Waals surface area contributed by atoms with E-state index in [2.05, 4.69) is 30.1 Å². The standard InChI is InChI=1S/C8H7N7O2/c1-15-3-2-10-7(15)6-11-8(16-14-6)4-5(9)13-17-12-4/h2-3H,1H3,(H2,9,13). The van der Waals surface area contributed by atoms with Gasteiger partial charge in [-0.25, -0.2) is 9.61 Å². The van der Waals surface area contributed by atoms with E-state index in [-0.39, 0.29) is 17.4 Å². The molecule has 0 saturated heterocycles. The molecule has 0 bridgehead atoms. The second-order valence-electron chi connectivity index (χ2n) is 3.28. The van der Waals surface area contributed by atoms with Gasteiger partial charge in [-0.1, -0.05) is 5.16 Å². The van der Waals surface area contributed by atoms with Crippen LogP contribution < -0.4 is 5.73 Å². The quantitative estimate of drug-likeness (QED) is 0.661. The zero-order chi connectivity index (χ0) is 11.8. The number of nitrogens with zero attached hydrogens (tertiary/aromatic N) is 6. The lowest BCUT2D eigenvalue weighted by molar-refractivity contribution is 0.308. The fraction of sp³-hybridized carbons (Fsp3) is 0.125. The van der Waals surface area contributed by atoms with Gasteiger partial charge in [0.2, 0.25) is 17.3 Å². The highest BCUT2D eigenvalue weighted by molar-refractivity contribution is 5.62. The Labute approximate surface area is 94.2 Å². The van der Waals surface area contributed by atoms with Gasteiger partial charge in [-0.15, -0.1) is 0 Å². The third-order valence-corrected chi connectivity index (χ3v) is 2.16. The van der Waals surface area contributed by atoms with Crippen molar-refractivity contribution in [3.05, 3.63) is 12.4 Å². The highest BCUT2D eigenvalue weighted by Gasteiger charge is 2.19. The largest absolute Gasteiger partial charge is 0.379 e. The summed E-state index contributed by atoms with van der Waals surface area (Å²) in [6, 6.07) is 0. The first-order valence-electron chi connectivity index (χ1n) is 4.65. The normalized spacial score (nSPS) is 10.9. The summed E-state index contributed by atoms with van der Waals surface area (Å²) in [5, 5.41) is 10.8. The zero-order valence-electron chi connectivity index (χ0n) is 8.73. The first-order valence-corrected chi connectivity index (χ1v) is 4.65. The third kappa shape index (κ3) is 1.44. The summed E-state index contributed by atoms with van der Waals surface area (Å²) < 4.78 is 11.2. The molecule has 0 saturated carbocycles. The molecule has 86 valence electrons. The van der Waals surface area contributed by atoms with Crippen LogP contribution in [0.5, 0.6) is 0 Å².